The first-order chi connectivity index (χ1) is 7.34. The minimum Gasteiger partial charge on any atom is -0.469 e. The number of pyridine rings is 1. The quantitative estimate of drug-likeness (QED) is 0.760. The highest BCUT2D eigenvalue weighted by Crippen LogP contribution is 2.31. The number of hydrogen-bond acceptors (Lipinski definition) is 3. The number of rotatable bonds is 2. The Labute approximate surface area is 94.2 Å². The van der Waals surface area contributed by atoms with Gasteiger partial charge in [-0.15, -0.1) is 0 Å². The molecule has 0 unspecified atom stereocenters. The van der Waals surface area contributed by atoms with E-state index in [1.54, 1.807) is 0 Å². The maximum Gasteiger partial charge on any atom is 0.433 e. The third kappa shape index (κ3) is 3.10. The van der Waals surface area contributed by atoms with Crippen LogP contribution in [-0.2, 0) is 22.1 Å². The number of ether oxygens (including phenoxy) is 1. The van der Waals surface area contributed by atoms with Gasteiger partial charge in [-0.05, 0) is 11.6 Å². The largest absolute Gasteiger partial charge is 0.469 e. The van der Waals surface area contributed by atoms with Crippen LogP contribution in [0.2, 0.25) is 5.02 Å². The second-order valence-corrected chi connectivity index (χ2v) is 3.35. The van der Waals surface area contributed by atoms with Crippen LogP contribution in [-0.4, -0.2) is 18.1 Å². The van der Waals surface area contributed by atoms with Crippen LogP contribution in [0.1, 0.15) is 11.3 Å². The molecule has 3 nitrogen and oxygen atoms in total. The van der Waals surface area contributed by atoms with E-state index in [4.69, 9.17) is 11.6 Å². The lowest BCUT2D eigenvalue weighted by atomic mass is 10.1. The number of esters is 1. The summed E-state index contributed by atoms with van der Waals surface area (Å²) in [6.07, 6.45) is -4.25. The monoisotopic (exact) mass is 253 g/mol. The zero-order valence-corrected chi connectivity index (χ0v) is 8.89. The summed E-state index contributed by atoms with van der Waals surface area (Å²) in [5, 5.41) is 0.0342. The van der Waals surface area contributed by atoms with Crippen LogP contribution in [0.15, 0.2) is 12.3 Å². The molecule has 16 heavy (non-hydrogen) atoms. The molecular formula is C9H7ClF3NO2. The fourth-order valence-electron chi connectivity index (χ4n) is 1.10. The second kappa shape index (κ2) is 4.69. The summed E-state index contributed by atoms with van der Waals surface area (Å²) in [4.78, 5) is 14.1. The Hall–Kier alpha value is -1.30. The molecule has 0 saturated carbocycles. The maximum atomic E-state index is 12.5. The smallest absolute Gasteiger partial charge is 0.433 e. The predicted octanol–water partition coefficient (Wildman–Crippen LogP) is 2.47. The zero-order chi connectivity index (χ0) is 12.3. The van der Waals surface area contributed by atoms with Crippen molar-refractivity contribution in [2.45, 2.75) is 12.6 Å². The minimum absolute atomic E-state index is 0.0342. The Bertz CT molecular complexity index is 406. The van der Waals surface area contributed by atoms with Gasteiger partial charge in [0.05, 0.1) is 18.6 Å². The molecule has 0 spiro atoms. The highest BCUT2D eigenvalue weighted by Gasteiger charge is 2.35. The predicted molar refractivity (Wildman–Crippen MR) is 50.0 cm³/mol. The first kappa shape index (κ1) is 12.8. The molecule has 0 bridgehead atoms. The number of methoxy groups -OCH3 is 1. The molecule has 0 amide bonds. The number of carbonyl (C=O) groups excluding carboxylic acids is 1. The Morgan fingerprint density at radius 2 is 2.19 bits per heavy atom. The van der Waals surface area contributed by atoms with Crippen molar-refractivity contribution in [2.75, 3.05) is 7.11 Å². The first-order valence-electron chi connectivity index (χ1n) is 4.13. The van der Waals surface area contributed by atoms with E-state index < -0.39 is 24.3 Å². The zero-order valence-electron chi connectivity index (χ0n) is 8.14. The van der Waals surface area contributed by atoms with Gasteiger partial charge in [-0.25, -0.2) is 4.98 Å². The van der Waals surface area contributed by atoms with Crippen molar-refractivity contribution in [3.05, 3.63) is 28.5 Å². The molecule has 0 atom stereocenters. The van der Waals surface area contributed by atoms with Crippen LogP contribution < -0.4 is 0 Å². The number of halogens is 4. The average Bonchev–Trinajstić information content (AvgIpc) is 2.15. The van der Waals surface area contributed by atoms with Gasteiger partial charge in [0, 0.05) is 6.20 Å². The molecule has 88 valence electrons. The lowest BCUT2D eigenvalue weighted by Crippen LogP contribution is -2.15. The van der Waals surface area contributed by atoms with E-state index in [0.717, 1.165) is 19.4 Å². The number of aromatic nitrogens is 1. The Kier molecular flexibility index (Phi) is 3.74. The molecule has 0 radical (unpaired) electrons. The first-order valence-corrected chi connectivity index (χ1v) is 4.51. The van der Waals surface area contributed by atoms with Crippen LogP contribution in [0.4, 0.5) is 13.2 Å². The normalized spacial score (nSPS) is 11.3. The van der Waals surface area contributed by atoms with Crippen LogP contribution >= 0.6 is 11.6 Å². The molecule has 0 aliphatic carbocycles. The molecule has 1 rings (SSSR count). The summed E-state index contributed by atoms with van der Waals surface area (Å²) in [5.74, 6) is -0.783. The molecule has 0 fully saturated rings. The van der Waals surface area contributed by atoms with E-state index in [1.807, 2.05) is 0 Å². The molecule has 0 aromatic carbocycles. The van der Waals surface area contributed by atoms with Crippen LogP contribution in [0.25, 0.3) is 0 Å². The highest BCUT2D eigenvalue weighted by atomic mass is 35.5. The van der Waals surface area contributed by atoms with E-state index in [2.05, 4.69) is 9.72 Å². The highest BCUT2D eigenvalue weighted by molar-refractivity contribution is 6.30. The average molecular weight is 254 g/mol. The standard InChI is InChI=1S/C9H7ClF3NO2/c1-16-7(15)3-5-2-6(10)4-14-8(5)9(11,12)13/h2,4H,3H2,1H3. The maximum absolute atomic E-state index is 12.5. The summed E-state index contributed by atoms with van der Waals surface area (Å²) in [6, 6.07) is 1.05. The molecule has 1 aromatic heterocycles. The molecule has 0 N–H and O–H groups in total. The lowest BCUT2D eigenvalue weighted by molar-refractivity contribution is -0.143. The fourth-order valence-corrected chi connectivity index (χ4v) is 1.28. The van der Waals surface area contributed by atoms with Gasteiger partial charge < -0.3 is 4.74 Å². The minimum atomic E-state index is -4.62. The molecule has 1 heterocycles. The van der Waals surface area contributed by atoms with E-state index in [1.165, 1.54) is 0 Å². The summed E-state index contributed by atoms with van der Waals surface area (Å²) in [7, 11) is 1.09. The Morgan fingerprint density at radius 3 is 2.69 bits per heavy atom. The third-order valence-corrected chi connectivity index (χ3v) is 1.97. The molecule has 0 saturated heterocycles. The van der Waals surface area contributed by atoms with E-state index in [9.17, 15) is 18.0 Å². The number of carbonyl (C=O) groups is 1. The second-order valence-electron chi connectivity index (χ2n) is 2.91. The van der Waals surface area contributed by atoms with E-state index >= 15 is 0 Å². The van der Waals surface area contributed by atoms with E-state index in [0.29, 0.717) is 0 Å². The van der Waals surface area contributed by atoms with Crippen molar-refractivity contribution >= 4 is 17.6 Å². The van der Waals surface area contributed by atoms with Crippen LogP contribution in [0.5, 0.6) is 0 Å². The van der Waals surface area contributed by atoms with Crippen LogP contribution in [0, 0.1) is 0 Å². The van der Waals surface area contributed by atoms with Crippen molar-refractivity contribution in [2.24, 2.45) is 0 Å². The molecule has 0 aliphatic rings. The van der Waals surface area contributed by atoms with Gasteiger partial charge in [0.2, 0.25) is 0 Å². The molecular weight excluding hydrogens is 247 g/mol. The van der Waals surface area contributed by atoms with Gasteiger partial charge >= 0.3 is 12.1 Å². The van der Waals surface area contributed by atoms with Crippen molar-refractivity contribution in [1.82, 2.24) is 4.98 Å². The fraction of sp³-hybridized carbons (Fsp3) is 0.333. The number of hydrogen-bond donors (Lipinski definition) is 0. The van der Waals surface area contributed by atoms with Crippen molar-refractivity contribution in [3.63, 3.8) is 0 Å². The third-order valence-electron chi connectivity index (χ3n) is 1.76. The Morgan fingerprint density at radius 1 is 1.56 bits per heavy atom. The molecule has 1 aromatic rings. The van der Waals surface area contributed by atoms with Gasteiger partial charge in [0.1, 0.15) is 5.69 Å². The topological polar surface area (TPSA) is 39.2 Å². The van der Waals surface area contributed by atoms with E-state index in [-0.39, 0.29) is 10.6 Å². The van der Waals surface area contributed by atoms with Gasteiger partial charge in [-0.1, -0.05) is 11.6 Å². The van der Waals surface area contributed by atoms with Crippen molar-refractivity contribution in [1.29, 1.82) is 0 Å². The molecule has 0 aliphatic heterocycles. The summed E-state index contributed by atoms with van der Waals surface area (Å²) in [5.41, 5.74) is -1.42. The SMILES string of the molecule is COC(=O)Cc1cc(Cl)cnc1C(F)(F)F. The van der Waals surface area contributed by atoms with Crippen molar-refractivity contribution < 1.29 is 22.7 Å². The van der Waals surface area contributed by atoms with Gasteiger partial charge in [-0.3, -0.25) is 4.79 Å². The van der Waals surface area contributed by atoms with Gasteiger partial charge in [-0.2, -0.15) is 13.2 Å². The number of alkyl halides is 3. The summed E-state index contributed by atoms with van der Waals surface area (Å²) >= 11 is 5.51. The summed E-state index contributed by atoms with van der Waals surface area (Å²) < 4.78 is 41.7. The van der Waals surface area contributed by atoms with Gasteiger partial charge in [0.15, 0.2) is 0 Å². The summed E-state index contributed by atoms with van der Waals surface area (Å²) in [6.45, 7) is 0. The van der Waals surface area contributed by atoms with Crippen molar-refractivity contribution in [3.8, 4) is 0 Å². The molecule has 7 heteroatoms. The number of nitrogens with zero attached hydrogens (tertiary/aromatic N) is 1. The lowest BCUT2D eigenvalue weighted by Gasteiger charge is -2.10. The Balaban J connectivity index is 3.13. The van der Waals surface area contributed by atoms with Gasteiger partial charge in [0.25, 0.3) is 0 Å². The van der Waals surface area contributed by atoms with Crippen LogP contribution in [0.3, 0.4) is 0 Å².